The summed E-state index contributed by atoms with van der Waals surface area (Å²) in [6.07, 6.45) is 1.75. The zero-order valence-electron chi connectivity index (χ0n) is 10.5. The number of thiazole rings is 1. The maximum atomic E-state index is 10.8. The molecule has 0 saturated carbocycles. The zero-order valence-corrected chi connectivity index (χ0v) is 12.1. The molecule has 0 amide bonds. The molecule has 0 N–H and O–H groups in total. The van der Waals surface area contributed by atoms with Gasteiger partial charge in [-0.15, -0.1) is 11.3 Å². The highest BCUT2D eigenvalue weighted by Crippen LogP contribution is 2.38. The van der Waals surface area contributed by atoms with Crippen LogP contribution in [0.2, 0.25) is 0 Å². The Labute approximate surface area is 126 Å². The van der Waals surface area contributed by atoms with E-state index in [1.165, 1.54) is 17.4 Å². The minimum atomic E-state index is -0.374. The molecule has 21 heavy (non-hydrogen) atoms. The first kappa shape index (κ1) is 12.4. The molecule has 0 aliphatic heterocycles. The third-order valence-electron chi connectivity index (χ3n) is 3.12. The molecule has 0 radical (unpaired) electrons. The summed E-state index contributed by atoms with van der Waals surface area (Å²) >= 11 is 2.69. The Morgan fingerprint density at radius 3 is 2.81 bits per heavy atom. The predicted molar refractivity (Wildman–Crippen MR) is 84.9 cm³/mol. The van der Waals surface area contributed by atoms with E-state index in [0.29, 0.717) is 0 Å². The SMILES string of the molecule is O=[N+]([O-])c1ccc(-c2nc3c(ccc4ncccc43)s2)s1. The van der Waals surface area contributed by atoms with E-state index in [2.05, 4.69) is 9.97 Å². The third-order valence-corrected chi connectivity index (χ3v) is 5.35. The molecule has 1 aromatic carbocycles. The molecule has 4 rings (SSSR count). The van der Waals surface area contributed by atoms with Crippen LogP contribution in [0, 0.1) is 10.1 Å². The monoisotopic (exact) mass is 313 g/mol. The molecular formula is C14H7N3O2S2. The van der Waals surface area contributed by atoms with Gasteiger partial charge >= 0.3 is 5.00 Å². The quantitative estimate of drug-likeness (QED) is 0.404. The van der Waals surface area contributed by atoms with Crippen LogP contribution in [0.15, 0.2) is 42.6 Å². The highest BCUT2D eigenvalue weighted by atomic mass is 32.1. The van der Waals surface area contributed by atoms with Crippen molar-refractivity contribution in [1.82, 2.24) is 9.97 Å². The first-order chi connectivity index (χ1) is 10.2. The lowest BCUT2D eigenvalue weighted by molar-refractivity contribution is -0.380. The van der Waals surface area contributed by atoms with Gasteiger partial charge < -0.3 is 0 Å². The van der Waals surface area contributed by atoms with Gasteiger partial charge in [-0.05, 0) is 30.3 Å². The van der Waals surface area contributed by atoms with Crippen molar-refractivity contribution in [2.45, 2.75) is 0 Å². The largest absolute Gasteiger partial charge is 0.324 e. The molecule has 3 aromatic heterocycles. The van der Waals surface area contributed by atoms with Crippen molar-refractivity contribution in [3.05, 3.63) is 52.7 Å². The van der Waals surface area contributed by atoms with Gasteiger partial charge in [0.25, 0.3) is 0 Å². The van der Waals surface area contributed by atoms with Crippen molar-refractivity contribution >= 4 is 48.8 Å². The van der Waals surface area contributed by atoms with Gasteiger partial charge in [-0.25, -0.2) is 4.98 Å². The summed E-state index contributed by atoms with van der Waals surface area (Å²) in [6, 6.07) is 11.1. The van der Waals surface area contributed by atoms with Crippen molar-refractivity contribution in [2.24, 2.45) is 0 Å². The summed E-state index contributed by atoms with van der Waals surface area (Å²) in [5.74, 6) is 0. The average Bonchev–Trinajstić information content (AvgIpc) is 3.13. The maximum absolute atomic E-state index is 10.8. The van der Waals surface area contributed by atoms with Crippen LogP contribution in [0.25, 0.3) is 31.0 Å². The van der Waals surface area contributed by atoms with Gasteiger partial charge in [-0.1, -0.05) is 11.3 Å². The van der Waals surface area contributed by atoms with Gasteiger partial charge in [-0.2, -0.15) is 0 Å². The Balaban J connectivity index is 1.93. The van der Waals surface area contributed by atoms with Crippen LogP contribution in [0.3, 0.4) is 0 Å². The molecule has 4 aromatic rings. The summed E-state index contributed by atoms with van der Waals surface area (Å²) in [4.78, 5) is 20.2. The first-order valence-electron chi connectivity index (χ1n) is 6.11. The average molecular weight is 313 g/mol. The molecule has 3 heterocycles. The van der Waals surface area contributed by atoms with E-state index < -0.39 is 0 Å². The van der Waals surface area contributed by atoms with Crippen molar-refractivity contribution in [2.75, 3.05) is 0 Å². The lowest BCUT2D eigenvalue weighted by atomic mass is 10.2. The lowest BCUT2D eigenvalue weighted by Gasteiger charge is -1.95. The number of nitrogens with zero attached hydrogens (tertiary/aromatic N) is 3. The predicted octanol–water partition coefficient (Wildman–Crippen LogP) is 4.48. The van der Waals surface area contributed by atoms with Gasteiger partial charge in [0, 0.05) is 17.6 Å². The fraction of sp³-hybridized carbons (Fsp3) is 0. The van der Waals surface area contributed by atoms with Crippen LogP contribution >= 0.6 is 22.7 Å². The lowest BCUT2D eigenvalue weighted by Crippen LogP contribution is -1.80. The number of benzene rings is 1. The minimum Gasteiger partial charge on any atom is -0.258 e. The van der Waals surface area contributed by atoms with Crippen LogP contribution in [0.1, 0.15) is 0 Å². The number of hydrogen-bond acceptors (Lipinski definition) is 6. The number of aromatic nitrogens is 2. The molecule has 0 saturated heterocycles. The molecule has 0 aliphatic rings. The van der Waals surface area contributed by atoms with E-state index in [0.717, 1.165) is 42.3 Å². The number of hydrogen-bond donors (Lipinski definition) is 0. The summed E-state index contributed by atoms with van der Waals surface area (Å²) in [6.45, 7) is 0. The molecule has 7 heteroatoms. The number of pyridine rings is 1. The standard InChI is InChI=1S/C14H7N3O2S2/c18-17(19)12-6-5-11(20-12)14-16-13-8-2-1-7-15-9(8)3-4-10(13)21-14/h1-7H. The van der Waals surface area contributed by atoms with Crippen molar-refractivity contribution < 1.29 is 4.92 Å². The third kappa shape index (κ3) is 1.98. The van der Waals surface area contributed by atoms with E-state index in [1.54, 1.807) is 12.3 Å². The normalized spacial score (nSPS) is 11.2. The number of fused-ring (bicyclic) bond motifs is 3. The zero-order chi connectivity index (χ0) is 14.4. The maximum Gasteiger partial charge on any atom is 0.324 e. The second-order valence-electron chi connectivity index (χ2n) is 4.40. The minimum absolute atomic E-state index is 0.135. The van der Waals surface area contributed by atoms with Crippen LogP contribution in [-0.4, -0.2) is 14.9 Å². The van der Waals surface area contributed by atoms with Crippen LogP contribution in [0.4, 0.5) is 5.00 Å². The van der Waals surface area contributed by atoms with E-state index in [9.17, 15) is 10.1 Å². The van der Waals surface area contributed by atoms with Crippen molar-refractivity contribution in [1.29, 1.82) is 0 Å². The van der Waals surface area contributed by atoms with E-state index in [-0.39, 0.29) is 9.92 Å². The second-order valence-corrected chi connectivity index (χ2v) is 6.49. The smallest absolute Gasteiger partial charge is 0.258 e. The molecular weight excluding hydrogens is 306 g/mol. The summed E-state index contributed by atoms with van der Waals surface area (Å²) in [5.41, 5.74) is 1.80. The highest BCUT2D eigenvalue weighted by molar-refractivity contribution is 7.26. The van der Waals surface area contributed by atoms with Crippen LogP contribution in [0.5, 0.6) is 0 Å². The van der Waals surface area contributed by atoms with E-state index in [4.69, 9.17) is 0 Å². The van der Waals surface area contributed by atoms with Gasteiger partial charge in [0.1, 0.15) is 5.01 Å². The molecule has 102 valence electrons. The van der Waals surface area contributed by atoms with Crippen LogP contribution in [-0.2, 0) is 0 Å². The Hall–Kier alpha value is -2.38. The molecule has 0 unspecified atom stereocenters. The first-order valence-corrected chi connectivity index (χ1v) is 7.74. The summed E-state index contributed by atoms with van der Waals surface area (Å²) < 4.78 is 1.06. The molecule has 0 bridgehead atoms. The number of rotatable bonds is 2. The van der Waals surface area contributed by atoms with Gasteiger partial charge in [0.15, 0.2) is 0 Å². The summed E-state index contributed by atoms with van der Waals surface area (Å²) in [5, 5.41) is 12.7. The fourth-order valence-electron chi connectivity index (χ4n) is 2.19. The Morgan fingerprint density at radius 1 is 1.10 bits per heavy atom. The topological polar surface area (TPSA) is 68.9 Å². The van der Waals surface area contributed by atoms with E-state index >= 15 is 0 Å². The fourth-order valence-corrected chi connectivity index (χ4v) is 4.05. The number of nitro groups is 1. The molecule has 0 spiro atoms. The molecule has 0 fully saturated rings. The van der Waals surface area contributed by atoms with E-state index in [1.807, 2.05) is 24.3 Å². The molecule has 5 nitrogen and oxygen atoms in total. The van der Waals surface area contributed by atoms with Gasteiger partial charge in [-0.3, -0.25) is 15.1 Å². The van der Waals surface area contributed by atoms with Crippen LogP contribution < -0.4 is 0 Å². The Morgan fingerprint density at radius 2 is 2.00 bits per heavy atom. The Kier molecular flexibility index (Phi) is 2.69. The van der Waals surface area contributed by atoms with Crippen molar-refractivity contribution in [3.63, 3.8) is 0 Å². The molecule has 0 atom stereocenters. The van der Waals surface area contributed by atoms with Crippen molar-refractivity contribution in [3.8, 4) is 9.88 Å². The summed E-state index contributed by atoms with van der Waals surface area (Å²) in [7, 11) is 0. The second kappa shape index (κ2) is 4.57. The number of thiophene rings is 1. The molecule has 0 aliphatic carbocycles. The van der Waals surface area contributed by atoms with Gasteiger partial charge in [0.05, 0.1) is 25.5 Å². The Bertz CT molecular complexity index is 990. The highest BCUT2D eigenvalue weighted by Gasteiger charge is 2.15. The van der Waals surface area contributed by atoms with Gasteiger partial charge in [0.2, 0.25) is 0 Å².